The number of halogens is 3. The number of alkyl halides is 3. The summed E-state index contributed by atoms with van der Waals surface area (Å²) in [6.45, 7) is 5.56. The van der Waals surface area contributed by atoms with Gasteiger partial charge in [-0.15, -0.1) is 5.10 Å². The minimum atomic E-state index is -4.75. The molecule has 0 saturated heterocycles. The van der Waals surface area contributed by atoms with E-state index in [1.807, 2.05) is 13.8 Å². The van der Waals surface area contributed by atoms with Crippen molar-refractivity contribution in [2.45, 2.75) is 26.1 Å². The summed E-state index contributed by atoms with van der Waals surface area (Å²) >= 11 is 0. The van der Waals surface area contributed by atoms with Gasteiger partial charge in [0, 0.05) is 18.8 Å². The van der Waals surface area contributed by atoms with Gasteiger partial charge in [-0.1, -0.05) is 12.1 Å². The predicted octanol–water partition coefficient (Wildman–Crippen LogP) is 3.28. The van der Waals surface area contributed by atoms with E-state index in [1.165, 1.54) is 0 Å². The molecule has 27 heavy (non-hydrogen) atoms. The lowest BCUT2D eigenvalue weighted by molar-refractivity contribution is -0.431. The molecule has 0 radical (unpaired) electrons. The third kappa shape index (κ3) is 3.44. The molecule has 3 rings (SSSR count). The fourth-order valence-electron chi connectivity index (χ4n) is 2.99. The molecule has 1 atom stereocenters. The van der Waals surface area contributed by atoms with E-state index in [4.69, 9.17) is 0 Å². The summed E-state index contributed by atoms with van der Waals surface area (Å²) in [5.41, 5.74) is 1.03. The first kappa shape index (κ1) is 18.7. The number of nitro groups is 1. The second-order valence-electron chi connectivity index (χ2n) is 5.84. The number of aromatic nitrogens is 3. The summed E-state index contributed by atoms with van der Waals surface area (Å²) in [7, 11) is 0. The lowest BCUT2D eigenvalue weighted by atomic mass is 10.0. The lowest BCUT2D eigenvalue weighted by Gasteiger charge is -2.23. The van der Waals surface area contributed by atoms with Crippen LogP contribution in [-0.2, 0) is 6.18 Å². The first-order valence-corrected chi connectivity index (χ1v) is 8.25. The standard InChI is InChI=1S/C16H17F3N6O2/c1-3-23(4-2)11-7-5-10(6-8-11)13-12(25(26)27)9-20-15-21-14(16(17,18)19)22-24(13)15/h5-9,13H,3-4H2,1-2H3,(H,20,21,22). The van der Waals surface area contributed by atoms with Crippen molar-refractivity contribution in [1.29, 1.82) is 0 Å². The van der Waals surface area contributed by atoms with E-state index in [9.17, 15) is 23.3 Å². The van der Waals surface area contributed by atoms with Crippen LogP contribution in [0.5, 0.6) is 0 Å². The number of nitrogens with one attached hydrogen (secondary N) is 1. The summed E-state index contributed by atoms with van der Waals surface area (Å²) in [6, 6.07) is 5.75. The average molecular weight is 382 g/mol. The Kier molecular flexibility index (Phi) is 4.77. The predicted molar refractivity (Wildman–Crippen MR) is 91.9 cm³/mol. The van der Waals surface area contributed by atoms with Crippen LogP contribution in [0.15, 0.2) is 36.2 Å². The molecule has 2 heterocycles. The fourth-order valence-corrected chi connectivity index (χ4v) is 2.99. The first-order chi connectivity index (χ1) is 12.8. The van der Waals surface area contributed by atoms with Crippen LogP contribution >= 0.6 is 0 Å². The zero-order chi connectivity index (χ0) is 19.8. The van der Waals surface area contributed by atoms with Crippen molar-refractivity contribution < 1.29 is 18.1 Å². The molecule has 144 valence electrons. The Morgan fingerprint density at radius 2 is 1.89 bits per heavy atom. The molecule has 1 aliphatic rings. The Labute approximate surface area is 152 Å². The van der Waals surface area contributed by atoms with Gasteiger partial charge in [0.2, 0.25) is 5.95 Å². The summed E-state index contributed by atoms with van der Waals surface area (Å²) in [5, 5.41) is 17.3. The van der Waals surface area contributed by atoms with Crippen LogP contribution in [0.4, 0.5) is 24.8 Å². The highest BCUT2D eigenvalue weighted by Crippen LogP contribution is 2.35. The smallest absolute Gasteiger partial charge is 0.372 e. The van der Waals surface area contributed by atoms with Gasteiger partial charge in [-0.05, 0) is 31.5 Å². The zero-order valence-electron chi connectivity index (χ0n) is 14.6. The number of fused-ring (bicyclic) bond motifs is 1. The SMILES string of the molecule is CCN(CC)c1ccc(C2C([N+](=O)[O-])=CNc3nc(C(F)(F)F)nn32)cc1. The number of allylic oxidation sites excluding steroid dienone is 1. The van der Waals surface area contributed by atoms with Crippen LogP contribution in [0, 0.1) is 10.1 Å². The van der Waals surface area contributed by atoms with Crippen molar-refractivity contribution in [2.24, 2.45) is 0 Å². The first-order valence-electron chi connectivity index (χ1n) is 8.25. The highest BCUT2D eigenvalue weighted by atomic mass is 19.4. The molecule has 0 fully saturated rings. The average Bonchev–Trinajstić information content (AvgIpc) is 3.07. The van der Waals surface area contributed by atoms with Crippen LogP contribution in [0.3, 0.4) is 0 Å². The fraction of sp³-hybridized carbons (Fsp3) is 0.375. The second-order valence-corrected chi connectivity index (χ2v) is 5.84. The van der Waals surface area contributed by atoms with Gasteiger partial charge in [-0.2, -0.15) is 18.2 Å². The third-order valence-electron chi connectivity index (χ3n) is 4.31. The summed E-state index contributed by atoms with van der Waals surface area (Å²) in [5.74, 6) is -1.56. The maximum Gasteiger partial charge on any atom is 0.453 e. The maximum absolute atomic E-state index is 13.0. The zero-order valence-corrected chi connectivity index (χ0v) is 14.6. The van der Waals surface area contributed by atoms with Gasteiger partial charge in [0.05, 0.1) is 11.1 Å². The number of hydrogen-bond donors (Lipinski definition) is 1. The molecule has 1 N–H and O–H groups in total. The molecule has 0 spiro atoms. The Bertz CT molecular complexity index is 871. The van der Waals surface area contributed by atoms with Crippen LogP contribution in [0.1, 0.15) is 31.3 Å². The van der Waals surface area contributed by atoms with E-state index < -0.39 is 23.0 Å². The molecule has 1 unspecified atom stereocenters. The Morgan fingerprint density at radius 1 is 1.26 bits per heavy atom. The number of benzene rings is 1. The summed E-state index contributed by atoms with van der Waals surface area (Å²) in [6.07, 6.45) is -3.70. The van der Waals surface area contributed by atoms with Crippen LogP contribution in [0.2, 0.25) is 0 Å². The highest BCUT2D eigenvalue weighted by molar-refractivity contribution is 5.50. The van der Waals surface area contributed by atoms with Crippen molar-refractivity contribution in [3.63, 3.8) is 0 Å². The second kappa shape index (κ2) is 6.89. The minimum absolute atomic E-state index is 0.203. The van der Waals surface area contributed by atoms with E-state index in [0.29, 0.717) is 5.56 Å². The lowest BCUT2D eigenvalue weighted by Crippen LogP contribution is -2.26. The number of nitrogens with zero attached hydrogens (tertiary/aromatic N) is 5. The molecule has 11 heteroatoms. The summed E-state index contributed by atoms with van der Waals surface area (Å²) < 4.78 is 39.8. The van der Waals surface area contributed by atoms with Crippen LogP contribution < -0.4 is 10.2 Å². The summed E-state index contributed by atoms with van der Waals surface area (Å²) in [4.78, 5) is 16.3. The van der Waals surface area contributed by atoms with E-state index in [0.717, 1.165) is 29.7 Å². The molecule has 1 aromatic carbocycles. The van der Waals surface area contributed by atoms with Crippen molar-refractivity contribution in [3.8, 4) is 0 Å². The molecule has 8 nitrogen and oxygen atoms in total. The van der Waals surface area contributed by atoms with Crippen molar-refractivity contribution in [2.75, 3.05) is 23.3 Å². The molecular weight excluding hydrogens is 365 g/mol. The van der Waals surface area contributed by atoms with E-state index in [1.54, 1.807) is 24.3 Å². The number of rotatable bonds is 5. The largest absolute Gasteiger partial charge is 0.453 e. The van der Waals surface area contributed by atoms with Crippen molar-refractivity contribution >= 4 is 11.6 Å². The van der Waals surface area contributed by atoms with Crippen molar-refractivity contribution in [1.82, 2.24) is 14.8 Å². The van der Waals surface area contributed by atoms with Crippen molar-refractivity contribution in [3.05, 3.63) is 57.7 Å². The Hall–Kier alpha value is -3.11. The molecule has 0 aliphatic carbocycles. The molecule has 0 amide bonds. The van der Waals surface area contributed by atoms with Gasteiger partial charge >= 0.3 is 6.18 Å². The highest BCUT2D eigenvalue weighted by Gasteiger charge is 2.41. The molecule has 0 bridgehead atoms. The quantitative estimate of drug-likeness (QED) is 0.631. The van der Waals surface area contributed by atoms with Gasteiger partial charge in [0.25, 0.3) is 11.5 Å². The van der Waals surface area contributed by atoms with Gasteiger partial charge in [-0.3, -0.25) is 10.1 Å². The third-order valence-corrected chi connectivity index (χ3v) is 4.31. The van der Waals surface area contributed by atoms with Gasteiger partial charge in [-0.25, -0.2) is 4.68 Å². The normalized spacial score (nSPS) is 16.3. The van der Waals surface area contributed by atoms with Gasteiger partial charge in [0.1, 0.15) is 0 Å². The Balaban J connectivity index is 2.05. The van der Waals surface area contributed by atoms with Crippen LogP contribution in [-0.4, -0.2) is 32.8 Å². The van der Waals surface area contributed by atoms with E-state index in [2.05, 4.69) is 20.3 Å². The van der Waals surface area contributed by atoms with Crippen LogP contribution in [0.25, 0.3) is 0 Å². The molecule has 1 aliphatic heterocycles. The number of anilines is 2. The monoisotopic (exact) mass is 382 g/mol. The minimum Gasteiger partial charge on any atom is -0.372 e. The van der Waals surface area contributed by atoms with E-state index >= 15 is 0 Å². The molecule has 1 aromatic heterocycles. The molecular formula is C16H17F3N6O2. The van der Waals surface area contributed by atoms with Gasteiger partial charge in [0.15, 0.2) is 6.04 Å². The number of hydrogen-bond acceptors (Lipinski definition) is 6. The molecule has 2 aromatic rings. The van der Waals surface area contributed by atoms with Gasteiger partial charge < -0.3 is 10.2 Å². The topological polar surface area (TPSA) is 89.1 Å². The maximum atomic E-state index is 13.0. The Morgan fingerprint density at radius 3 is 2.41 bits per heavy atom. The van der Waals surface area contributed by atoms with E-state index in [-0.39, 0.29) is 11.6 Å². The molecule has 0 saturated carbocycles.